The summed E-state index contributed by atoms with van der Waals surface area (Å²) in [7, 11) is -3.85. The number of benzene rings is 3. The van der Waals surface area contributed by atoms with Gasteiger partial charge in [0.25, 0.3) is 10.0 Å². The highest BCUT2D eigenvalue weighted by Gasteiger charge is 2.23. The lowest BCUT2D eigenvalue weighted by atomic mass is 10.1. The Morgan fingerprint density at radius 3 is 2.58 bits per heavy atom. The normalized spacial score (nSPS) is 11.5. The number of anilines is 2. The number of nitrogens with one attached hydrogen (secondary N) is 1. The molecule has 1 N–H and O–H groups in total. The van der Waals surface area contributed by atoms with Crippen LogP contribution in [0.15, 0.2) is 94.6 Å². The maximum Gasteiger partial charge on any atom is 0.268 e. The highest BCUT2D eigenvalue weighted by molar-refractivity contribution is 9.10. The van der Waals surface area contributed by atoms with Gasteiger partial charge >= 0.3 is 0 Å². The van der Waals surface area contributed by atoms with E-state index < -0.39 is 10.0 Å². The summed E-state index contributed by atoms with van der Waals surface area (Å²) in [5.41, 5.74) is 2.18. The van der Waals surface area contributed by atoms with Crippen LogP contribution >= 0.6 is 27.5 Å². The standard InChI is InChI=1S/C26H20BrClN4O3S/c1-2-35-24-14-17(27)12-13-22(24)30-26-29-15-21(28)25(31-26)20-16-32(23-11-7-6-10-19(20)23)36(33,34)18-8-4-3-5-9-18/h3-16H,2H2,1H3,(H,29,30,31). The molecule has 5 rings (SSSR count). The molecule has 0 amide bonds. The van der Waals surface area contributed by atoms with E-state index >= 15 is 0 Å². The summed E-state index contributed by atoms with van der Waals surface area (Å²) in [5.74, 6) is 0.929. The summed E-state index contributed by atoms with van der Waals surface area (Å²) in [6, 6.07) is 21.1. The molecule has 0 spiro atoms. The van der Waals surface area contributed by atoms with Crippen LogP contribution in [0.4, 0.5) is 11.6 Å². The van der Waals surface area contributed by atoms with Crippen LogP contribution in [-0.2, 0) is 10.0 Å². The van der Waals surface area contributed by atoms with E-state index in [-0.39, 0.29) is 4.90 Å². The first-order valence-electron chi connectivity index (χ1n) is 11.0. The summed E-state index contributed by atoms with van der Waals surface area (Å²) in [6.07, 6.45) is 3.04. The summed E-state index contributed by atoms with van der Waals surface area (Å²) in [5, 5.41) is 4.17. The van der Waals surface area contributed by atoms with Gasteiger partial charge in [0.1, 0.15) is 5.75 Å². The molecule has 7 nitrogen and oxygen atoms in total. The Labute approximate surface area is 221 Å². The van der Waals surface area contributed by atoms with Crippen molar-refractivity contribution < 1.29 is 13.2 Å². The molecule has 0 aliphatic heterocycles. The second kappa shape index (κ2) is 9.93. The van der Waals surface area contributed by atoms with Gasteiger partial charge in [-0.05, 0) is 43.3 Å². The Hall–Kier alpha value is -3.40. The smallest absolute Gasteiger partial charge is 0.268 e. The number of fused-ring (bicyclic) bond motifs is 1. The summed E-state index contributed by atoms with van der Waals surface area (Å²) < 4.78 is 34.8. The first kappa shape index (κ1) is 24.3. The van der Waals surface area contributed by atoms with Crippen molar-refractivity contribution in [3.63, 3.8) is 0 Å². The lowest BCUT2D eigenvalue weighted by molar-refractivity contribution is 0.341. The molecule has 3 aromatic carbocycles. The largest absolute Gasteiger partial charge is 0.492 e. The minimum atomic E-state index is -3.85. The molecule has 0 saturated carbocycles. The van der Waals surface area contributed by atoms with Gasteiger partial charge in [0.15, 0.2) is 0 Å². The molecule has 0 bridgehead atoms. The van der Waals surface area contributed by atoms with Crippen LogP contribution in [0.5, 0.6) is 5.75 Å². The monoisotopic (exact) mass is 582 g/mol. The number of aromatic nitrogens is 3. The third-order valence-electron chi connectivity index (χ3n) is 5.47. The quantitative estimate of drug-likeness (QED) is 0.224. The van der Waals surface area contributed by atoms with E-state index in [1.807, 2.05) is 37.3 Å². The zero-order valence-electron chi connectivity index (χ0n) is 19.0. The SMILES string of the molecule is CCOc1cc(Br)ccc1Nc1ncc(Cl)c(-c2cn(S(=O)(=O)c3ccccc3)c3ccccc23)n1. The van der Waals surface area contributed by atoms with Crippen LogP contribution in [0, 0.1) is 0 Å². The minimum absolute atomic E-state index is 0.187. The van der Waals surface area contributed by atoms with Gasteiger partial charge in [-0.2, -0.15) is 0 Å². The van der Waals surface area contributed by atoms with Crippen molar-refractivity contribution >= 4 is 60.1 Å². The predicted molar refractivity (Wildman–Crippen MR) is 146 cm³/mol. The van der Waals surface area contributed by atoms with E-state index in [2.05, 4.69) is 31.2 Å². The molecule has 0 aliphatic rings. The Morgan fingerprint density at radius 2 is 1.81 bits per heavy atom. The van der Waals surface area contributed by atoms with E-state index in [1.165, 1.54) is 10.2 Å². The number of hydrogen-bond acceptors (Lipinski definition) is 6. The van der Waals surface area contributed by atoms with Gasteiger partial charge in [-0.3, -0.25) is 0 Å². The van der Waals surface area contributed by atoms with Crippen molar-refractivity contribution in [1.29, 1.82) is 0 Å². The van der Waals surface area contributed by atoms with Gasteiger partial charge in [-0.15, -0.1) is 0 Å². The zero-order valence-corrected chi connectivity index (χ0v) is 22.2. The van der Waals surface area contributed by atoms with E-state index in [0.29, 0.717) is 51.2 Å². The van der Waals surface area contributed by atoms with Crippen LogP contribution < -0.4 is 10.1 Å². The summed E-state index contributed by atoms with van der Waals surface area (Å²) in [6.45, 7) is 2.40. The van der Waals surface area contributed by atoms with Crippen molar-refractivity contribution in [2.45, 2.75) is 11.8 Å². The first-order valence-corrected chi connectivity index (χ1v) is 13.6. The zero-order chi connectivity index (χ0) is 25.3. The maximum absolute atomic E-state index is 13.5. The molecule has 0 atom stereocenters. The van der Waals surface area contributed by atoms with Crippen LogP contribution in [0.25, 0.3) is 22.2 Å². The number of nitrogens with zero attached hydrogens (tertiary/aromatic N) is 3. The molecule has 182 valence electrons. The fourth-order valence-corrected chi connectivity index (χ4v) is 5.78. The summed E-state index contributed by atoms with van der Waals surface area (Å²) in [4.78, 5) is 9.16. The lowest BCUT2D eigenvalue weighted by Gasteiger charge is -2.12. The van der Waals surface area contributed by atoms with Gasteiger partial charge in [0, 0.05) is 21.6 Å². The second-order valence-corrected chi connectivity index (χ2v) is 10.9. The fourth-order valence-electron chi connectivity index (χ4n) is 3.85. The summed E-state index contributed by atoms with van der Waals surface area (Å²) >= 11 is 9.99. The highest BCUT2D eigenvalue weighted by Crippen LogP contribution is 2.36. The number of hydrogen-bond donors (Lipinski definition) is 1. The molecule has 2 heterocycles. The first-order chi connectivity index (χ1) is 17.4. The third kappa shape index (κ3) is 4.57. The Kier molecular flexibility index (Phi) is 6.70. The van der Waals surface area contributed by atoms with E-state index in [0.717, 1.165) is 4.47 Å². The topological polar surface area (TPSA) is 86.1 Å². The molecule has 0 fully saturated rings. The average molecular weight is 584 g/mol. The number of ether oxygens (including phenoxy) is 1. The van der Waals surface area contributed by atoms with Crippen LogP contribution in [0.1, 0.15) is 6.92 Å². The minimum Gasteiger partial charge on any atom is -0.492 e. The van der Waals surface area contributed by atoms with Gasteiger partial charge in [0.2, 0.25) is 5.95 Å². The van der Waals surface area contributed by atoms with Crippen molar-refractivity contribution in [1.82, 2.24) is 13.9 Å². The average Bonchev–Trinajstić information content (AvgIpc) is 3.28. The molecular weight excluding hydrogens is 564 g/mol. The third-order valence-corrected chi connectivity index (χ3v) is 7.92. The maximum atomic E-state index is 13.5. The van der Waals surface area contributed by atoms with E-state index in [1.54, 1.807) is 48.7 Å². The number of para-hydroxylation sites is 1. The van der Waals surface area contributed by atoms with E-state index in [4.69, 9.17) is 16.3 Å². The Balaban J connectivity index is 1.62. The van der Waals surface area contributed by atoms with Gasteiger partial charge in [0.05, 0.1) is 39.6 Å². The van der Waals surface area contributed by atoms with Crippen LogP contribution in [0.2, 0.25) is 5.02 Å². The molecule has 36 heavy (non-hydrogen) atoms. The Bertz CT molecular complexity index is 1670. The number of halogens is 2. The molecule has 5 aromatic rings. The molecule has 0 unspecified atom stereocenters. The molecule has 0 aliphatic carbocycles. The number of rotatable bonds is 7. The van der Waals surface area contributed by atoms with Crippen molar-refractivity contribution in [3.05, 3.63) is 94.7 Å². The van der Waals surface area contributed by atoms with Gasteiger partial charge in [-0.1, -0.05) is 63.9 Å². The fraction of sp³-hybridized carbons (Fsp3) is 0.0769. The van der Waals surface area contributed by atoms with Crippen molar-refractivity contribution in [2.24, 2.45) is 0 Å². The Morgan fingerprint density at radius 1 is 1.06 bits per heavy atom. The van der Waals surface area contributed by atoms with E-state index in [9.17, 15) is 8.42 Å². The van der Waals surface area contributed by atoms with Crippen LogP contribution in [-0.4, -0.2) is 29.0 Å². The van der Waals surface area contributed by atoms with Crippen molar-refractivity contribution in [3.8, 4) is 17.0 Å². The predicted octanol–water partition coefficient (Wildman–Crippen LogP) is 6.89. The van der Waals surface area contributed by atoms with Gasteiger partial charge in [-0.25, -0.2) is 22.4 Å². The van der Waals surface area contributed by atoms with Crippen LogP contribution in [0.3, 0.4) is 0 Å². The second-order valence-electron chi connectivity index (χ2n) is 7.76. The molecule has 2 aromatic heterocycles. The molecule has 10 heteroatoms. The highest BCUT2D eigenvalue weighted by atomic mass is 79.9. The molecular formula is C26H20BrClN4O3S. The molecule has 0 saturated heterocycles. The molecule has 0 radical (unpaired) electrons. The van der Waals surface area contributed by atoms with Crippen molar-refractivity contribution in [2.75, 3.05) is 11.9 Å². The lowest BCUT2D eigenvalue weighted by Crippen LogP contribution is -2.11. The van der Waals surface area contributed by atoms with Gasteiger partial charge < -0.3 is 10.1 Å².